The fourth-order valence-electron chi connectivity index (χ4n) is 4.80. The number of aliphatic hydroxyl groups is 1. The van der Waals surface area contributed by atoms with E-state index in [1.807, 2.05) is 6.92 Å². The van der Waals surface area contributed by atoms with Gasteiger partial charge in [0.15, 0.2) is 0 Å². The molecule has 0 spiro atoms. The molecule has 0 heterocycles. The molecule has 2 heteroatoms. The number of fused-ring (bicyclic) bond motifs is 3. The minimum absolute atomic E-state index is 0.265. The molecule has 2 nitrogen and oxygen atoms in total. The summed E-state index contributed by atoms with van der Waals surface area (Å²) in [5, 5.41) is 10.5. The van der Waals surface area contributed by atoms with Crippen molar-refractivity contribution in [3.63, 3.8) is 0 Å². The van der Waals surface area contributed by atoms with Gasteiger partial charge in [0.2, 0.25) is 0 Å². The van der Waals surface area contributed by atoms with Gasteiger partial charge in [-0.25, -0.2) is 0 Å². The average Bonchev–Trinajstić information content (AvgIpc) is 2.51. The lowest BCUT2D eigenvalue weighted by Crippen LogP contribution is -2.51. The van der Waals surface area contributed by atoms with E-state index >= 15 is 0 Å². The predicted molar refractivity (Wildman–Crippen MR) is 89.0 cm³/mol. The summed E-state index contributed by atoms with van der Waals surface area (Å²) in [5.74, 6) is 1.65. The molecule has 1 fully saturated rings. The third kappa shape index (κ3) is 2.23. The van der Waals surface area contributed by atoms with Gasteiger partial charge in [0, 0.05) is 0 Å². The second kappa shape index (κ2) is 5.49. The van der Waals surface area contributed by atoms with E-state index in [0.717, 1.165) is 25.5 Å². The molecule has 0 saturated heterocycles. The zero-order valence-corrected chi connectivity index (χ0v) is 14.2. The fourth-order valence-corrected chi connectivity index (χ4v) is 4.80. The summed E-state index contributed by atoms with van der Waals surface area (Å²) in [6, 6.07) is 6.91. The van der Waals surface area contributed by atoms with Gasteiger partial charge in [0.05, 0.1) is 11.5 Å². The Morgan fingerprint density at radius 3 is 2.73 bits per heavy atom. The summed E-state index contributed by atoms with van der Waals surface area (Å²) in [6.45, 7) is 8.66. The zero-order chi connectivity index (χ0) is 16.1. The van der Waals surface area contributed by atoms with Crippen molar-refractivity contribution < 1.29 is 9.90 Å². The van der Waals surface area contributed by atoms with E-state index in [1.165, 1.54) is 16.7 Å². The van der Waals surface area contributed by atoms with Crippen LogP contribution in [0.2, 0.25) is 0 Å². The number of hydrogen-bond donors (Lipinski definition) is 1. The standard InChI is InChI=1S/C20H28O2/c1-12(2)14-5-7-16-15(10-14)6-8-17-19(16)13(3)9-18(22)20(17,4)11-21/h5,7,10-13,17-19,22H,6,8-9H2,1-4H3/t13-,17?,18?,19?,20?/m0/s1. The second-order valence-corrected chi connectivity index (χ2v) is 8.00. The third-order valence-corrected chi connectivity index (χ3v) is 6.33. The lowest BCUT2D eigenvalue weighted by Gasteiger charge is -2.51. The van der Waals surface area contributed by atoms with Crippen LogP contribution in [0.1, 0.15) is 69.1 Å². The van der Waals surface area contributed by atoms with Crippen LogP contribution in [0.15, 0.2) is 18.2 Å². The van der Waals surface area contributed by atoms with Gasteiger partial charge >= 0.3 is 0 Å². The number of aryl methyl sites for hydroxylation is 1. The van der Waals surface area contributed by atoms with E-state index < -0.39 is 11.5 Å². The molecule has 1 aromatic carbocycles. The molecular formula is C20H28O2. The van der Waals surface area contributed by atoms with Crippen LogP contribution in [0, 0.1) is 17.3 Å². The Bertz CT molecular complexity index is 577. The topological polar surface area (TPSA) is 37.3 Å². The van der Waals surface area contributed by atoms with E-state index in [9.17, 15) is 9.90 Å². The van der Waals surface area contributed by atoms with Crippen LogP contribution in [0.5, 0.6) is 0 Å². The molecule has 2 aliphatic rings. The Balaban J connectivity index is 2.04. The predicted octanol–water partition coefficient (Wildman–Crippen LogP) is 4.06. The van der Waals surface area contributed by atoms with Crippen molar-refractivity contribution >= 4 is 6.29 Å². The van der Waals surface area contributed by atoms with Gasteiger partial charge < -0.3 is 9.90 Å². The van der Waals surface area contributed by atoms with Crippen molar-refractivity contribution in [3.8, 4) is 0 Å². The van der Waals surface area contributed by atoms with Gasteiger partial charge in [-0.2, -0.15) is 0 Å². The third-order valence-electron chi connectivity index (χ3n) is 6.33. The second-order valence-electron chi connectivity index (χ2n) is 8.00. The van der Waals surface area contributed by atoms with E-state index in [-0.39, 0.29) is 5.92 Å². The van der Waals surface area contributed by atoms with Crippen LogP contribution in [0.25, 0.3) is 0 Å². The van der Waals surface area contributed by atoms with Crippen molar-refractivity contribution in [2.45, 2.75) is 64.9 Å². The van der Waals surface area contributed by atoms with Gasteiger partial charge in [-0.05, 0) is 59.6 Å². The van der Waals surface area contributed by atoms with Crippen LogP contribution < -0.4 is 0 Å². The molecular weight excluding hydrogens is 272 g/mol. The van der Waals surface area contributed by atoms with E-state index in [2.05, 4.69) is 39.0 Å². The summed E-state index contributed by atoms with van der Waals surface area (Å²) in [5.41, 5.74) is 3.70. The van der Waals surface area contributed by atoms with Crippen molar-refractivity contribution in [1.82, 2.24) is 0 Å². The molecule has 0 bridgehead atoms. The summed E-state index contributed by atoms with van der Waals surface area (Å²) in [7, 11) is 0. The highest BCUT2D eigenvalue weighted by atomic mass is 16.3. The molecule has 3 rings (SSSR count). The highest BCUT2D eigenvalue weighted by Crippen LogP contribution is 2.55. The van der Waals surface area contributed by atoms with Crippen molar-refractivity contribution in [2.75, 3.05) is 0 Å². The maximum Gasteiger partial charge on any atom is 0.128 e. The molecule has 2 aliphatic carbocycles. The normalized spacial score (nSPS) is 37.5. The number of rotatable bonds is 2. The maximum atomic E-state index is 11.7. The Morgan fingerprint density at radius 1 is 1.36 bits per heavy atom. The number of carbonyl (C=O) groups excluding carboxylic acids is 1. The highest BCUT2D eigenvalue weighted by molar-refractivity contribution is 5.62. The molecule has 1 saturated carbocycles. The van der Waals surface area contributed by atoms with E-state index in [1.54, 1.807) is 0 Å². The number of carbonyl (C=O) groups is 1. The van der Waals surface area contributed by atoms with Gasteiger partial charge in [0.1, 0.15) is 6.29 Å². The molecule has 4 unspecified atom stereocenters. The zero-order valence-electron chi connectivity index (χ0n) is 14.2. The van der Waals surface area contributed by atoms with Crippen LogP contribution in [0.3, 0.4) is 0 Å². The monoisotopic (exact) mass is 300 g/mol. The SMILES string of the molecule is CC(C)c1ccc2c(c1)CCC1C2[C@@H](C)CC(O)C1(C)C=O. The fraction of sp³-hybridized carbons (Fsp3) is 0.650. The first-order chi connectivity index (χ1) is 10.4. The van der Waals surface area contributed by atoms with Gasteiger partial charge in [0.25, 0.3) is 0 Å². The minimum Gasteiger partial charge on any atom is -0.392 e. The van der Waals surface area contributed by atoms with Crippen LogP contribution >= 0.6 is 0 Å². The molecule has 0 radical (unpaired) electrons. The summed E-state index contributed by atoms with van der Waals surface area (Å²) in [4.78, 5) is 11.7. The average molecular weight is 300 g/mol. The molecule has 1 N–H and O–H groups in total. The molecule has 5 atom stereocenters. The molecule has 120 valence electrons. The Kier molecular flexibility index (Phi) is 3.92. The summed E-state index contributed by atoms with van der Waals surface area (Å²) >= 11 is 0. The molecule has 22 heavy (non-hydrogen) atoms. The molecule has 0 aromatic heterocycles. The number of benzene rings is 1. The van der Waals surface area contributed by atoms with Crippen molar-refractivity contribution in [1.29, 1.82) is 0 Å². The van der Waals surface area contributed by atoms with Crippen molar-refractivity contribution in [2.24, 2.45) is 17.3 Å². The van der Waals surface area contributed by atoms with Gasteiger partial charge in [-0.15, -0.1) is 0 Å². The lowest BCUT2D eigenvalue weighted by molar-refractivity contribution is -0.135. The van der Waals surface area contributed by atoms with Gasteiger partial charge in [-0.1, -0.05) is 45.9 Å². The van der Waals surface area contributed by atoms with Crippen LogP contribution in [0.4, 0.5) is 0 Å². The summed E-state index contributed by atoms with van der Waals surface area (Å²) < 4.78 is 0. The van der Waals surface area contributed by atoms with Gasteiger partial charge in [-0.3, -0.25) is 0 Å². The first-order valence-electron chi connectivity index (χ1n) is 8.65. The van der Waals surface area contributed by atoms with Crippen LogP contribution in [-0.2, 0) is 11.2 Å². The first-order valence-corrected chi connectivity index (χ1v) is 8.65. The minimum atomic E-state index is -0.592. The largest absolute Gasteiger partial charge is 0.392 e. The number of aliphatic hydroxyl groups excluding tert-OH is 1. The molecule has 0 amide bonds. The highest BCUT2D eigenvalue weighted by Gasteiger charge is 2.52. The quantitative estimate of drug-likeness (QED) is 0.836. The first kappa shape index (κ1) is 15.7. The smallest absolute Gasteiger partial charge is 0.128 e. The molecule has 1 aromatic rings. The van der Waals surface area contributed by atoms with Crippen LogP contribution in [-0.4, -0.2) is 17.5 Å². The van der Waals surface area contributed by atoms with Crippen molar-refractivity contribution in [3.05, 3.63) is 34.9 Å². The molecule has 0 aliphatic heterocycles. The summed E-state index contributed by atoms with van der Waals surface area (Å²) in [6.07, 6.45) is 3.28. The number of hydrogen-bond acceptors (Lipinski definition) is 2. The Morgan fingerprint density at radius 2 is 2.09 bits per heavy atom. The maximum absolute atomic E-state index is 11.7. The Labute approximate surface area is 133 Å². The number of aldehydes is 1. The Hall–Kier alpha value is -1.15. The van der Waals surface area contributed by atoms with E-state index in [4.69, 9.17) is 0 Å². The lowest BCUT2D eigenvalue weighted by atomic mass is 9.53. The van der Waals surface area contributed by atoms with E-state index in [0.29, 0.717) is 17.8 Å².